The van der Waals surface area contributed by atoms with Gasteiger partial charge in [0.15, 0.2) is 0 Å². The summed E-state index contributed by atoms with van der Waals surface area (Å²) in [6.45, 7) is 7.89. The molecular weight excluding hydrogens is 472 g/mol. The number of hydrogen-bond donors (Lipinski definition) is 2. The predicted molar refractivity (Wildman–Crippen MR) is 131 cm³/mol. The fourth-order valence-electron chi connectivity index (χ4n) is 6.54. The lowest BCUT2D eigenvalue weighted by molar-refractivity contribution is -0.155. The Morgan fingerprint density at radius 2 is 2.09 bits per heavy atom. The number of fused-ring (bicyclic) bond motifs is 1. The molecule has 3 aliphatic rings. The molecule has 1 aromatic carbocycles. The first-order chi connectivity index (χ1) is 16.7. The van der Waals surface area contributed by atoms with Gasteiger partial charge >= 0.3 is 5.97 Å². The maximum atomic E-state index is 14.4. The number of para-hydroxylation sites is 1. The molecule has 35 heavy (non-hydrogen) atoms. The van der Waals surface area contributed by atoms with Gasteiger partial charge in [0.1, 0.15) is 17.6 Å². The normalized spacial score (nSPS) is 31.0. The number of aliphatic carboxylic acids is 1. The molecule has 0 saturated carbocycles. The molecule has 1 spiro atoms. The number of halogens is 1. The number of hydrogen-bond acceptors (Lipinski definition) is 5. The molecule has 3 fully saturated rings. The number of ether oxygens (including phenoxy) is 1. The van der Waals surface area contributed by atoms with Crippen LogP contribution in [0.2, 0.25) is 5.02 Å². The molecule has 3 aliphatic heterocycles. The predicted octanol–water partition coefficient (Wildman–Crippen LogP) is 3.18. The maximum absolute atomic E-state index is 14.4. The third-order valence-corrected chi connectivity index (χ3v) is 8.33. The minimum absolute atomic E-state index is 0.0379. The number of nitrogens with zero attached hydrogens (tertiary/aromatic N) is 2. The van der Waals surface area contributed by atoms with Crippen LogP contribution in [-0.4, -0.2) is 69.8 Å². The van der Waals surface area contributed by atoms with Crippen LogP contribution in [0.25, 0.3) is 0 Å². The van der Waals surface area contributed by atoms with Gasteiger partial charge in [-0.25, -0.2) is 0 Å². The van der Waals surface area contributed by atoms with Crippen LogP contribution < -0.4 is 4.90 Å². The first-order valence-corrected chi connectivity index (χ1v) is 12.6. The summed E-state index contributed by atoms with van der Waals surface area (Å²) < 4.78 is 6.56. The maximum Gasteiger partial charge on any atom is 0.310 e. The van der Waals surface area contributed by atoms with Crippen molar-refractivity contribution in [2.24, 2.45) is 11.8 Å². The SMILES string of the molecule is C=CCN(C(=O)C1N(CCCCO)C(=O)[C@@H]2[C@H](C(=O)O)[C@]3(CC)CCC12O3)c1c(C)cccc1Cl. The topological polar surface area (TPSA) is 107 Å². The molecular formula is C26H33ClN2O6. The average molecular weight is 505 g/mol. The van der Waals surface area contributed by atoms with Crippen molar-refractivity contribution in [2.75, 3.05) is 24.6 Å². The number of carboxylic acid groups (broad SMARTS) is 1. The quantitative estimate of drug-likeness (QED) is 0.374. The molecule has 0 radical (unpaired) electrons. The molecule has 190 valence electrons. The van der Waals surface area contributed by atoms with E-state index in [9.17, 15) is 24.6 Å². The molecule has 4 rings (SSSR count). The lowest BCUT2D eigenvalue weighted by Gasteiger charge is -2.37. The summed E-state index contributed by atoms with van der Waals surface area (Å²) in [5, 5.41) is 19.8. The zero-order valence-electron chi connectivity index (χ0n) is 20.2. The summed E-state index contributed by atoms with van der Waals surface area (Å²) in [4.78, 5) is 43.6. The van der Waals surface area contributed by atoms with E-state index in [4.69, 9.17) is 16.3 Å². The standard InChI is InChI=1S/C26H33ClN2O6/c1-4-13-28(20-16(3)9-8-10-17(20)27)23(32)21-26-12-11-25(5-2,35-26)19(24(33)34)18(26)22(31)29(21)14-6-7-15-30/h4,8-10,18-19,21,30H,1,5-7,11-15H2,2-3H3,(H,33,34)/t18-,19+,21?,25-,26?/m0/s1. The number of likely N-dealkylation sites (tertiary alicyclic amines) is 1. The van der Waals surface area contributed by atoms with Gasteiger partial charge < -0.3 is 24.7 Å². The molecule has 2 unspecified atom stereocenters. The van der Waals surface area contributed by atoms with Crippen molar-refractivity contribution in [3.05, 3.63) is 41.4 Å². The highest BCUT2D eigenvalue weighted by molar-refractivity contribution is 6.34. The number of unbranched alkanes of at least 4 members (excludes halogenated alkanes) is 1. The highest BCUT2D eigenvalue weighted by Crippen LogP contribution is 2.64. The van der Waals surface area contributed by atoms with E-state index >= 15 is 0 Å². The van der Waals surface area contributed by atoms with E-state index in [-0.39, 0.29) is 31.5 Å². The van der Waals surface area contributed by atoms with Gasteiger partial charge in [0.05, 0.1) is 22.2 Å². The molecule has 8 nitrogen and oxygen atoms in total. The van der Waals surface area contributed by atoms with Crippen LogP contribution in [0.3, 0.4) is 0 Å². The van der Waals surface area contributed by atoms with Crippen molar-refractivity contribution in [1.82, 2.24) is 4.90 Å². The summed E-state index contributed by atoms with van der Waals surface area (Å²) in [6, 6.07) is 4.37. The van der Waals surface area contributed by atoms with E-state index in [0.29, 0.717) is 42.8 Å². The van der Waals surface area contributed by atoms with Crippen molar-refractivity contribution >= 4 is 35.1 Å². The Labute approximate surface area is 210 Å². The minimum Gasteiger partial charge on any atom is -0.481 e. The van der Waals surface area contributed by atoms with Crippen molar-refractivity contribution in [1.29, 1.82) is 0 Å². The van der Waals surface area contributed by atoms with Crippen LogP contribution in [-0.2, 0) is 19.1 Å². The summed E-state index contributed by atoms with van der Waals surface area (Å²) in [6.07, 6.45) is 3.90. The molecule has 2 amide bonds. The lowest BCUT2D eigenvalue weighted by Crippen LogP contribution is -2.56. The number of carboxylic acids is 1. The van der Waals surface area contributed by atoms with Crippen LogP contribution in [0.15, 0.2) is 30.9 Å². The molecule has 1 aromatic rings. The number of anilines is 1. The fourth-order valence-corrected chi connectivity index (χ4v) is 6.86. The number of aryl methyl sites for hydroxylation is 1. The van der Waals surface area contributed by atoms with E-state index in [1.165, 1.54) is 9.80 Å². The van der Waals surface area contributed by atoms with Crippen LogP contribution in [0, 0.1) is 18.8 Å². The third kappa shape index (κ3) is 3.77. The van der Waals surface area contributed by atoms with E-state index in [1.807, 2.05) is 19.9 Å². The highest BCUT2D eigenvalue weighted by atomic mass is 35.5. The van der Waals surface area contributed by atoms with E-state index in [0.717, 1.165) is 5.56 Å². The van der Waals surface area contributed by atoms with Crippen molar-refractivity contribution in [2.45, 2.75) is 63.2 Å². The van der Waals surface area contributed by atoms with Gasteiger partial charge in [0.2, 0.25) is 5.91 Å². The Balaban J connectivity index is 1.83. The summed E-state index contributed by atoms with van der Waals surface area (Å²) in [5.74, 6) is -3.74. The van der Waals surface area contributed by atoms with Gasteiger partial charge in [-0.15, -0.1) is 6.58 Å². The molecule has 0 aromatic heterocycles. The Hall–Kier alpha value is -2.42. The second-order valence-electron chi connectivity index (χ2n) is 9.78. The fraction of sp³-hybridized carbons (Fsp3) is 0.577. The number of aliphatic hydroxyl groups excluding tert-OH is 1. The molecule has 3 saturated heterocycles. The molecule has 0 aliphatic carbocycles. The summed E-state index contributed by atoms with van der Waals surface area (Å²) in [5.41, 5.74) is -0.857. The van der Waals surface area contributed by atoms with Gasteiger partial charge in [-0.05, 0) is 50.7 Å². The smallest absolute Gasteiger partial charge is 0.310 e. The molecule has 5 atom stereocenters. The van der Waals surface area contributed by atoms with E-state index in [1.54, 1.807) is 18.2 Å². The number of benzene rings is 1. The van der Waals surface area contributed by atoms with Gasteiger partial charge in [-0.2, -0.15) is 0 Å². The Bertz CT molecular complexity index is 1030. The van der Waals surface area contributed by atoms with Crippen LogP contribution >= 0.6 is 11.6 Å². The molecule has 3 heterocycles. The number of aliphatic hydroxyl groups is 1. The minimum atomic E-state index is -1.22. The molecule has 2 N–H and O–H groups in total. The third-order valence-electron chi connectivity index (χ3n) is 8.02. The van der Waals surface area contributed by atoms with Crippen LogP contribution in [0.5, 0.6) is 0 Å². The zero-order chi connectivity index (χ0) is 25.5. The van der Waals surface area contributed by atoms with E-state index < -0.39 is 35.0 Å². The van der Waals surface area contributed by atoms with Crippen LogP contribution in [0.4, 0.5) is 5.69 Å². The molecule has 9 heteroatoms. The van der Waals surface area contributed by atoms with Crippen molar-refractivity contribution in [3.8, 4) is 0 Å². The van der Waals surface area contributed by atoms with Gasteiger partial charge in [0, 0.05) is 19.7 Å². The lowest BCUT2D eigenvalue weighted by atomic mass is 9.65. The molecule has 2 bridgehead atoms. The number of carbonyl (C=O) groups excluding carboxylic acids is 2. The average Bonchev–Trinajstić information content (AvgIpc) is 3.42. The first-order valence-electron chi connectivity index (χ1n) is 12.2. The summed E-state index contributed by atoms with van der Waals surface area (Å²) >= 11 is 6.53. The number of carbonyl (C=O) groups is 3. The van der Waals surface area contributed by atoms with Crippen molar-refractivity contribution < 1.29 is 29.3 Å². The summed E-state index contributed by atoms with van der Waals surface area (Å²) in [7, 11) is 0. The second-order valence-corrected chi connectivity index (χ2v) is 10.2. The van der Waals surface area contributed by atoms with E-state index in [2.05, 4.69) is 6.58 Å². The first kappa shape index (κ1) is 25.7. The van der Waals surface area contributed by atoms with Gasteiger partial charge in [0.25, 0.3) is 5.91 Å². The number of amides is 2. The zero-order valence-corrected chi connectivity index (χ0v) is 21.0. The van der Waals surface area contributed by atoms with Crippen LogP contribution in [0.1, 0.15) is 44.6 Å². The van der Waals surface area contributed by atoms with Gasteiger partial charge in [-0.3, -0.25) is 14.4 Å². The highest BCUT2D eigenvalue weighted by Gasteiger charge is 2.79. The Morgan fingerprint density at radius 1 is 1.34 bits per heavy atom. The van der Waals surface area contributed by atoms with Crippen molar-refractivity contribution in [3.63, 3.8) is 0 Å². The number of rotatable bonds is 10. The Morgan fingerprint density at radius 3 is 2.69 bits per heavy atom. The largest absolute Gasteiger partial charge is 0.481 e. The second kappa shape index (κ2) is 9.56. The van der Waals surface area contributed by atoms with Gasteiger partial charge in [-0.1, -0.05) is 36.7 Å². The monoisotopic (exact) mass is 504 g/mol. The Kier molecular flexibility index (Phi) is 7.01.